The third kappa shape index (κ3) is 3.49. The number of nitrogens with two attached hydrogens (primary N) is 1. The highest BCUT2D eigenvalue weighted by Crippen LogP contribution is 2.24. The van der Waals surface area contributed by atoms with Gasteiger partial charge in [-0.25, -0.2) is 4.90 Å². The van der Waals surface area contributed by atoms with Crippen molar-refractivity contribution in [1.82, 2.24) is 0 Å². The van der Waals surface area contributed by atoms with Crippen LogP contribution in [0.1, 0.15) is 19.8 Å². The van der Waals surface area contributed by atoms with Crippen molar-refractivity contribution in [2.75, 3.05) is 18.1 Å². The van der Waals surface area contributed by atoms with E-state index in [1.807, 2.05) is 12.2 Å². The minimum atomic E-state index is -0.341. The summed E-state index contributed by atoms with van der Waals surface area (Å²) in [6.07, 6.45) is 2.90. The first-order valence-electron chi connectivity index (χ1n) is 7.21. The normalized spacial score (nSPS) is 18.1. The molecule has 5 heteroatoms. The van der Waals surface area contributed by atoms with Crippen molar-refractivity contribution >= 4 is 17.5 Å². The van der Waals surface area contributed by atoms with Crippen molar-refractivity contribution in [2.45, 2.75) is 25.8 Å². The van der Waals surface area contributed by atoms with Crippen molar-refractivity contribution in [2.24, 2.45) is 0 Å². The monoisotopic (exact) mass is 289 g/mol. The van der Waals surface area contributed by atoms with Crippen LogP contribution >= 0.6 is 0 Å². The molecule has 2 amide bonds. The lowest BCUT2D eigenvalue weighted by molar-refractivity contribution is -0.666. The van der Waals surface area contributed by atoms with E-state index in [0.29, 0.717) is 18.8 Å². The molecule has 0 spiro atoms. The highest BCUT2D eigenvalue weighted by Gasteiger charge is 2.41. The van der Waals surface area contributed by atoms with E-state index in [2.05, 4.69) is 6.58 Å². The van der Waals surface area contributed by atoms with Gasteiger partial charge in [0.2, 0.25) is 5.91 Å². The number of hydrogen-bond donors (Lipinski definition) is 1. The Morgan fingerprint density at radius 3 is 2.71 bits per heavy atom. The van der Waals surface area contributed by atoms with Crippen LogP contribution in [0.5, 0.6) is 5.75 Å². The molecule has 1 aliphatic heterocycles. The number of amides is 2. The predicted octanol–water partition coefficient (Wildman–Crippen LogP) is 0.857. The Bertz CT molecular complexity index is 525. The number of anilines is 1. The average molecular weight is 289 g/mol. The summed E-state index contributed by atoms with van der Waals surface area (Å²) >= 11 is 0. The maximum absolute atomic E-state index is 12.3. The van der Waals surface area contributed by atoms with Crippen LogP contribution in [-0.4, -0.2) is 31.0 Å². The SMILES string of the molecule is C=CC[NH2+][C@H]1CC(=O)N(c2ccc(OCCC)cc2)C1=O. The van der Waals surface area contributed by atoms with Gasteiger partial charge >= 0.3 is 0 Å². The third-order valence-electron chi connectivity index (χ3n) is 3.34. The molecule has 1 heterocycles. The molecule has 5 nitrogen and oxygen atoms in total. The number of carbonyl (C=O) groups excluding carboxylic acids is 2. The first kappa shape index (κ1) is 15.3. The second kappa shape index (κ2) is 7.04. The summed E-state index contributed by atoms with van der Waals surface area (Å²) < 4.78 is 5.50. The standard InChI is InChI=1S/C16H20N2O3/c1-3-9-17-14-11-15(19)18(16(14)20)12-5-7-13(8-6-12)21-10-4-2/h3,5-8,14,17H,1,4,9-11H2,2H3/p+1/t14-/m0/s1. The molecule has 0 unspecified atom stereocenters. The summed E-state index contributed by atoms with van der Waals surface area (Å²) in [4.78, 5) is 25.6. The Morgan fingerprint density at radius 1 is 1.38 bits per heavy atom. The summed E-state index contributed by atoms with van der Waals surface area (Å²) in [7, 11) is 0. The van der Waals surface area contributed by atoms with E-state index < -0.39 is 0 Å². The quantitative estimate of drug-likeness (QED) is 0.598. The van der Waals surface area contributed by atoms with Crippen LogP contribution in [0.2, 0.25) is 0 Å². The average Bonchev–Trinajstić information content (AvgIpc) is 2.78. The molecule has 1 aromatic rings. The first-order chi connectivity index (χ1) is 10.2. The largest absolute Gasteiger partial charge is 0.494 e. The van der Waals surface area contributed by atoms with Gasteiger partial charge in [0.1, 0.15) is 5.75 Å². The van der Waals surface area contributed by atoms with E-state index in [4.69, 9.17) is 4.74 Å². The van der Waals surface area contributed by atoms with Gasteiger partial charge in [-0.3, -0.25) is 9.59 Å². The highest BCUT2D eigenvalue weighted by atomic mass is 16.5. The van der Waals surface area contributed by atoms with Crippen LogP contribution in [0.15, 0.2) is 36.9 Å². The van der Waals surface area contributed by atoms with Crippen LogP contribution in [0.25, 0.3) is 0 Å². The van der Waals surface area contributed by atoms with Crippen LogP contribution in [0.4, 0.5) is 5.69 Å². The number of carbonyl (C=O) groups is 2. The molecule has 0 aliphatic carbocycles. The summed E-state index contributed by atoms with van der Waals surface area (Å²) in [5, 5.41) is 1.84. The molecule has 1 aromatic carbocycles. The fraction of sp³-hybridized carbons (Fsp3) is 0.375. The molecule has 0 bridgehead atoms. The minimum Gasteiger partial charge on any atom is -0.494 e. The lowest BCUT2D eigenvalue weighted by Crippen LogP contribution is -2.91. The number of benzene rings is 1. The van der Waals surface area contributed by atoms with Crippen molar-refractivity contribution in [1.29, 1.82) is 0 Å². The maximum atomic E-state index is 12.3. The smallest absolute Gasteiger partial charge is 0.292 e. The molecule has 0 radical (unpaired) electrons. The Hall–Kier alpha value is -2.14. The summed E-state index contributed by atoms with van der Waals surface area (Å²) in [5.74, 6) is 0.422. The Morgan fingerprint density at radius 2 is 2.10 bits per heavy atom. The van der Waals surface area contributed by atoms with Crippen molar-refractivity contribution < 1.29 is 19.6 Å². The molecular weight excluding hydrogens is 268 g/mol. The molecule has 2 rings (SSSR count). The van der Waals surface area contributed by atoms with Gasteiger partial charge in [0.25, 0.3) is 5.91 Å². The minimum absolute atomic E-state index is 0.160. The molecule has 21 heavy (non-hydrogen) atoms. The van der Waals surface area contributed by atoms with E-state index in [-0.39, 0.29) is 24.3 Å². The fourth-order valence-corrected chi connectivity index (χ4v) is 2.28. The van der Waals surface area contributed by atoms with Gasteiger partial charge in [-0.2, -0.15) is 0 Å². The fourth-order valence-electron chi connectivity index (χ4n) is 2.28. The van der Waals surface area contributed by atoms with Gasteiger partial charge in [-0.1, -0.05) is 13.5 Å². The van der Waals surface area contributed by atoms with Gasteiger partial charge in [0.05, 0.1) is 25.3 Å². The van der Waals surface area contributed by atoms with E-state index in [9.17, 15) is 9.59 Å². The second-order valence-electron chi connectivity index (χ2n) is 4.98. The van der Waals surface area contributed by atoms with Crippen LogP contribution < -0.4 is 15.0 Å². The lowest BCUT2D eigenvalue weighted by Gasteiger charge is -2.14. The van der Waals surface area contributed by atoms with E-state index >= 15 is 0 Å². The number of quaternary nitrogens is 1. The molecule has 1 atom stereocenters. The Labute approximate surface area is 124 Å². The molecule has 1 saturated heterocycles. The van der Waals surface area contributed by atoms with E-state index in [0.717, 1.165) is 12.2 Å². The molecule has 0 aromatic heterocycles. The molecule has 1 fully saturated rings. The molecule has 1 aliphatic rings. The lowest BCUT2D eigenvalue weighted by atomic mass is 10.2. The van der Waals surface area contributed by atoms with Gasteiger partial charge in [-0.05, 0) is 36.8 Å². The van der Waals surface area contributed by atoms with Crippen LogP contribution in [0.3, 0.4) is 0 Å². The van der Waals surface area contributed by atoms with Gasteiger partial charge in [0.15, 0.2) is 6.04 Å². The van der Waals surface area contributed by atoms with E-state index in [1.54, 1.807) is 30.3 Å². The first-order valence-corrected chi connectivity index (χ1v) is 7.21. The maximum Gasteiger partial charge on any atom is 0.292 e. The number of ether oxygens (including phenoxy) is 1. The van der Waals surface area contributed by atoms with Crippen molar-refractivity contribution in [3.05, 3.63) is 36.9 Å². The summed E-state index contributed by atoms with van der Waals surface area (Å²) in [6, 6.07) is 6.72. The number of nitrogens with zero attached hydrogens (tertiary/aromatic N) is 1. The topological polar surface area (TPSA) is 63.2 Å². The Balaban J connectivity index is 2.08. The second-order valence-corrected chi connectivity index (χ2v) is 4.98. The highest BCUT2D eigenvalue weighted by molar-refractivity contribution is 6.21. The Kier molecular flexibility index (Phi) is 5.11. The van der Waals surface area contributed by atoms with Crippen molar-refractivity contribution in [3.8, 4) is 5.75 Å². The number of imide groups is 1. The predicted molar refractivity (Wildman–Crippen MR) is 80.1 cm³/mol. The third-order valence-corrected chi connectivity index (χ3v) is 3.34. The molecular formula is C16H21N2O3+. The molecule has 112 valence electrons. The van der Waals surface area contributed by atoms with Gasteiger partial charge in [0, 0.05) is 0 Å². The molecule has 0 saturated carbocycles. The summed E-state index contributed by atoms with van der Waals surface area (Å²) in [5.41, 5.74) is 0.600. The summed E-state index contributed by atoms with van der Waals surface area (Å²) in [6.45, 7) is 6.94. The van der Waals surface area contributed by atoms with Crippen LogP contribution in [-0.2, 0) is 9.59 Å². The zero-order valence-corrected chi connectivity index (χ0v) is 12.2. The van der Waals surface area contributed by atoms with E-state index in [1.165, 1.54) is 4.90 Å². The van der Waals surface area contributed by atoms with Crippen LogP contribution in [0, 0.1) is 0 Å². The number of hydrogen-bond acceptors (Lipinski definition) is 3. The zero-order valence-electron chi connectivity index (χ0n) is 12.2. The number of rotatable bonds is 7. The van der Waals surface area contributed by atoms with Gasteiger partial charge in [-0.15, -0.1) is 0 Å². The van der Waals surface area contributed by atoms with Crippen molar-refractivity contribution in [3.63, 3.8) is 0 Å². The molecule has 2 N–H and O–H groups in total. The van der Waals surface area contributed by atoms with Gasteiger partial charge < -0.3 is 10.1 Å². The zero-order chi connectivity index (χ0) is 15.2.